The van der Waals surface area contributed by atoms with Gasteiger partial charge in [-0.15, -0.1) is 0 Å². The Kier molecular flexibility index (Phi) is 8.43. The van der Waals surface area contributed by atoms with Gasteiger partial charge in [-0.25, -0.2) is 9.59 Å². The Morgan fingerprint density at radius 3 is 2.26 bits per heavy atom. The number of nitrogens with zero attached hydrogens (tertiary/aromatic N) is 3. The van der Waals surface area contributed by atoms with E-state index in [4.69, 9.17) is 19.9 Å². The van der Waals surface area contributed by atoms with Crippen molar-refractivity contribution < 1.29 is 18.7 Å². The summed E-state index contributed by atoms with van der Waals surface area (Å²) in [6, 6.07) is 3.91. The first-order valence-electron chi connectivity index (χ1n) is 11.1. The monoisotopic (exact) mass is 434 g/mol. The number of hydrogen-bond acceptors (Lipinski definition) is 5. The summed E-state index contributed by atoms with van der Waals surface area (Å²) in [5.41, 5.74) is 5.39. The van der Waals surface area contributed by atoms with Crippen LogP contribution < -0.4 is 16.4 Å². The predicted molar refractivity (Wildman–Crippen MR) is 117 cm³/mol. The number of amides is 3. The number of piperidine rings is 2. The van der Waals surface area contributed by atoms with Crippen LogP contribution in [-0.4, -0.2) is 79.3 Å². The van der Waals surface area contributed by atoms with Gasteiger partial charge in [0.25, 0.3) is 0 Å². The maximum atomic E-state index is 11.9. The molecule has 3 amide bonds. The van der Waals surface area contributed by atoms with E-state index in [1.165, 1.54) is 0 Å². The lowest BCUT2D eigenvalue weighted by molar-refractivity contribution is 0.0963. The van der Waals surface area contributed by atoms with Gasteiger partial charge in [-0.1, -0.05) is 0 Å². The molecule has 2 aliphatic rings. The van der Waals surface area contributed by atoms with Crippen LogP contribution in [0.3, 0.4) is 0 Å². The number of ether oxygens (including phenoxy) is 1. The van der Waals surface area contributed by atoms with Crippen LogP contribution in [0.25, 0.3) is 0 Å². The van der Waals surface area contributed by atoms with Crippen molar-refractivity contribution in [1.29, 1.82) is 0 Å². The molecule has 0 unspecified atom stereocenters. The minimum absolute atomic E-state index is 0.227. The number of furan rings is 1. The highest BCUT2D eigenvalue weighted by atomic mass is 16.6. The third-order valence-electron chi connectivity index (χ3n) is 5.72. The highest BCUT2D eigenvalue weighted by molar-refractivity contribution is 5.80. The first-order chi connectivity index (χ1) is 15.0. The Bertz CT molecular complexity index is 722. The molecule has 1 aromatic heterocycles. The molecule has 0 atom stereocenters. The van der Waals surface area contributed by atoms with Crippen molar-refractivity contribution in [3.05, 3.63) is 24.2 Å². The van der Waals surface area contributed by atoms with Crippen LogP contribution in [0.4, 0.5) is 9.59 Å². The molecular weight excluding hydrogens is 400 g/mol. The third kappa shape index (κ3) is 7.08. The zero-order chi connectivity index (χ0) is 22.1. The van der Waals surface area contributed by atoms with Crippen molar-refractivity contribution in [2.75, 3.05) is 39.3 Å². The van der Waals surface area contributed by atoms with Gasteiger partial charge in [0.15, 0.2) is 5.96 Å². The van der Waals surface area contributed by atoms with E-state index in [-0.39, 0.29) is 24.2 Å². The van der Waals surface area contributed by atoms with Crippen molar-refractivity contribution in [1.82, 2.24) is 20.4 Å². The number of guanidine groups is 1. The van der Waals surface area contributed by atoms with Crippen LogP contribution >= 0.6 is 0 Å². The number of urea groups is 1. The molecule has 4 N–H and O–H groups in total. The lowest BCUT2D eigenvalue weighted by Crippen LogP contribution is -2.54. The second-order valence-electron chi connectivity index (χ2n) is 7.91. The number of aliphatic imine (C=N–C) groups is 1. The summed E-state index contributed by atoms with van der Waals surface area (Å²) in [5, 5.41) is 7.05. The third-order valence-corrected chi connectivity index (χ3v) is 5.72. The maximum Gasteiger partial charge on any atom is 0.409 e. The predicted octanol–water partition coefficient (Wildman–Crippen LogP) is 1.52. The van der Waals surface area contributed by atoms with Gasteiger partial charge < -0.3 is 35.3 Å². The van der Waals surface area contributed by atoms with E-state index >= 15 is 0 Å². The van der Waals surface area contributed by atoms with E-state index in [1.807, 2.05) is 19.1 Å². The smallest absolute Gasteiger partial charge is 0.409 e. The average Bonchev–Trinajstić information content (AvgIpc) is 3.28. The number of carbonyl (C=O) groups excluding carboxylic acids is 2. The highest BCUT2D eigenvalue weighted by Crippen LogP contribution is 2.13. The zero-order valence-corrected chi connectivity index (χ0v) is 18.2. The summed E-state index contributed by atoms with van der Waals surface area (Å²) >= 11 is 0. The van der Waals surface area contributed by atoms with E-state index in [2.05, 4.69) is 10.6 Å². The molecule has 0 aliphatic carbocycles. The zero-order valence-electron chi connectivity index (χ0n) is 18.2. The number of nitrogens with one attached hydrogen (secondary N) is 2. The Labute approximate surface area is 183 Å². The molecule has 10 nitrogen and oxygen atoms in total. The normalized spacial score (nSPS) is 18.7. The second kappa shape index (κ2) is 11.5. The fourth-order valence-corrected chi connectivity index (χ4v) is 3.92. The summed E-state index contributed by atoms with van der Waals surface area (Å²) in [4.78, 5) is 31.5. The molecule has 31 heavy (non-hydrogen) atoms. The van der Waals surface area contributed by atoms with Crippen LogP contribution in [0.2, 0.25) is 0 Å². The first kappa shape index (κ1) is 22.8. The van der Waals surface area contributed by atoms with E-state index in [1.54, 1.807) is 16.1 Å². The summed E-state index contributed by atoms with van der Waals surface area (Å²) in [6.45, 7) is 5.42. The molecule has 0 spiro atoms. The number of rotatable bonds is 6. The van der Waals surface area contributed by atoms with E-state index < -0.39 is 0 Å². The largest absolute Gasteiger partial charge is 0.469 e. The van der Waals surface area contributed by atoms with Crippen LogP contribution in [0.5, 0.6) is 0 Å². The number of hydrogen-bond donors (Lipinski definition) is 3. The quantitative estimate of drug-likeness (QED) is 0.460. The van der Waals surface area contributed by atoms with Crippen molar-refractivity contribution >= 4 is 18.1 Å². The van der Waals surface area contributed by atoms with E-state index in [0.717, 1.165) is 43.8 Å². The number of carbonyl (C=O) groups is 2. The number of nitrogens with two attached hydrogens (primary N) is 1. The van der Waals surface area contributed by atoms with E-state index in [9.17, 15) is 9.59 Å². The van der Waals surface area contributed by atoms with Gasteiger partial charge in [-0.2, -0.15) is 0 Å². The van der Waals surface area contributed by atoms with Crippen molar-refractivity contribution in [3.8, 4) is 0 Å². The van der Waals surface area contributed by atoms with Crippen molar-refractivity contribution in [3.63, 3.8) is 0 Å². The lowest BCUT2D eigenvalue weighted by atomic mass is 10.0. The first-order valence-corrected chi connectivity index (χ1v) is 11.1. The van der Waals surface area contributed by atoms with Gasteiger partial charge in [0.1, 0.15) is 5.76 Å². The fourth-order valence-electron chi connectivity index (χ4n) is 3.92. The van der Waals surface area contributed by atoms with Crippen LogP contribution in [0.15, 0.2) is 27.8 Å². The van der Waals surface area contributed by atoms with Gasteiger partial charge in [0.05, 0.1) is 12.9 Å². The summed E-state index contributed by atoms with van der Waals surface area (Å²) in [5.74, 6) is 1.67. The molecule has 2 saturated heterocycles. The lowest BCUT2D eigenvalue weighted by Gasteiger charge is -2.35. The van der Waals surface area contributed by atoms with Gasteiger partial charge in [-0.05, 0) is 44.7 Å². The number of likely N-dealkylation sites (tertiary alicyclic amines) is 2. The van der Waals surface area contributed by atoms with E-state index in [0.29, 0.717) is 39.3 Å². The standard InChI is InChI=1S/C21H34N6O4/c1-2-30-21(29)27-13-8-17(9-14-27)25-20(23-10-5-18-4-3-15-31-18)24-16-6-11-26(12-7-16)19(22)28/h3-4,15-17H,2,5-14H2,1H3,(H2,22,28)(H2,23,24,25). The molecule has 0 radical (unpaired) electrons. The molecule has 1 aromatic rings. The summed E-state index contributed by atoms with van der Waals surface area (Å²) in [6.07, 6.45) is 5.45. The number of primary amides is 1. The molecule has 0 saturated carbocycles. The van der Waals surface area contributed by atoms with Gasteiger partial charge >= 0.3 is 12.1 Å². The molecule has 2 fully saturated rings. The minimum Gasteiger partial charge on any atom is -0.469 e. The van der Waals surface area contributed by atoms with Gasteiger partial charge in [-0.3, -0.25) is 4.99 Å². The fraction of sp³-hybridized carbons (Fsp3) is 0.667. The molecule has 172 valence electrons. The highest BCUT2D eigenvalue weighted by Gasteiger charge is 2.26. The molecular formula is C21H34N6O4. The summed E-state index contributed by atoms with van der Waals surface area (Å²) < 4.78 is 10.5. The van der Waals surface area contributed by atoms with Crippen LogP contribution in [0.1, 0.15) is 38.4 Å². The Hall–Kier alpha value is -2.91. The molecule has 0 aromatic carbocycles. The average molecular weight is 435 g/mol. The summed E-state index contributed by atoms with van der Waals surface area (Å²) in [7, 11) is 0. The molecule has 0 bridgehead atoms. The SMILES string of the molecule is CCOC(=O)N1CCC(NC(=NCCc2ccco2)NC2CCN(C(N)=O)CC2)CC1. The van der Waals surface area contributed by atoms with Crippen LogP contribution in [0, 0.1) is 0 Å². The minimum atomic E-state index is -0.364. The van der Waals surface area contributed by atoms with Gasteiger partial charge in [0.2, 0.25) is 0 Å². The molecule has 3 rings (SSSR count). The van der Waals surface area contributed by atoms with Gasteiger partial charge in [0, 0.05) is 51.2 Å². The maximum absolute atomic E-state index is 11.9. The second-order valence-corrected chi connectivity index (χ2v) is 7.91. The molecule has 10 heteroatoms. The Morgan fingerprint density at radius 2 is 1.74 bits per heavy atom. The molecule has 2 aliphatic heterocycles. The molecule has 3 heterocycles. The Morgan fingerprint density at radius 1 is 1.13 bits per heavy atom. The Balaban J connectivity index is 1.53. The topological polar surface area (TPSA) is 125 Å². The van der Waals surface area contributed by atoms with Crippen molar-refractivity contribution in [2.24, 2.45) is 10.7 Å². The van der Waals surface area contributed by atoms with Crippen LogP contribution in [-0.2, 0) is 11.2 Å². The van der Waals surface area contributed by atoms with Crippen molar-refractivity contribution in [2.45, 2.75) is 51.1 Å².